The van der Waals surface area contributed by atoms with E-state index >= 15 is 0 Å². The predicted octanol–water partition coefficient (Wildman–Crippen LogP) is 2.83. The molecule has 1 aliphatic rings. The standard InChI is InChI=1S/C15H24N2S/c1-11-4-5-15(14(8-11)6-7-16)17-9-12(2)18-13(3)10-17/h4-5,8,12-13H,6-7,9-10,16H2,1-3H3. The van der Waals surface area contributed by atoms with Crippen molar-refractivity contribution in [2.75, 3.05) is 24.5 Å². The number of aryl methyl sites for hydroxylation is 1. The van der Waals surface area contributed by atoms with Gasteiger partial charge in [0.05, 0.1) is 0 Å². The minimum Gasteiger partial charge on any atom is -0.369 e. The molecular weight excluding hydrogens is 240 g/mol. The Hall–Kier alpha value is -0.670. The average Bonchev–Trinajstić information content (AvgIpc) is 2.28. The Morgan fingerprint density at radius 1 is 1.28 bits per heavy atom. The first-order valence-corrected chi connectivity index (χ1v) is 7.74. The van der Waals surface area contributed by atoms with Gasteiger partial charge in [0, 0.05) is 29.3 Å². The molecule has 0 bridgehead atoms. The van der Waals surface area contributed by atoms with Crippen LogP contribution in [0.3, 0.4) is 0 Å². The van der Waals surface area contributed by atoms with Gasteiger partial charge in [-0.05, 0) is 31.5 Å². The van der Waals surface area contributed by atoms with E-state index < -0.39 is 0 Å². The summed E-state index contributed by atoms with van der Waals surface area (Å²) in [7, 11) is 0. The Morgan fingerprint density at radius 2 is 1.94 bits per heavy atom. The number of hydrogen-bond donors (Lipinski definition) is 1. The van der Waals surface area contributed by atoms with Crippen molar-refractivity contribution in [2.45, 2.75) is 37.7 Å². The summed E-state index contributed by atoms with van der Waals surface area (Å²) < 4.78 is 0. The van der Waals surface area contributed by atoms with Crippen molar-refractivity contribution in [3.8, 4) is 0 Å². The molecule has 1 aromatic carbocycles. The molecule has 0 radical (unpaired) electrons. The third kappa shape index (κ3) is 3.21. The number of thioether (sulfide) groups is 1. The van der Waals surface area contributed by atoms with Crippen LogP contribution in [-0.2, 0) is 6.42 Å². The molecule has 0 aliphatic carbocycles. The molecule has 1 heterocycles. The lowest BCUT2D eigenvalue weighted by atomic mass is 10.0. The van der Waals surface area contributed by atoms with Gasteiger partial charge in [-0.15, -0.1) is 0 Å². The maximum atomic E-state index is 5.74. The minimum absolute atomic E-state index is 0.709. The maximum Gasteiger partial charge on any atom is 0.0400 e. The average molecular weight is 264 g/mol. The SMILES string of the molecule is Cc1ccc(N2CC(C)SC(C)C2)c(CCN)c1. The fraction of sp³-hybridized carbons (Fsp3) is 0.600. The summed E-state index contributed by atoms with van der Waals surface area (Å²) in [6.07, 6.45) is 0.976. The Balaban J connectivity index is 2.25. The number of rotatable bonds is 3. The highest BCUT2D eigenvalue weighted by Gasteiger charge is 2.23. The monoisotopic (exact) mass is 264 g/mol. The highest BCUT2D eigenvalue weighted by atomic mass is 32.2. The molecule has 100 valence electrons. The number of nitrogens with zero attached hydrogens (tertiary/aromatic N) is 1. The van der Waals surface area contributed by atoms with E-state index in [9.17, 15) is 0 Å². The molecule has 1 saturated heterocycles. The van der Waals surface area contributed by atoms with Crippen LogP contribution < -0.4 is 10.6 Å². The van der Waals surface area contributed by atoms with Gasteiger partial charge in [-0.25, -0.2) is 0 Å². The fourth-order valence-corrected chi connectivity index (χ4v) is 4.08. The molecule has 1 aliphatic heterocycles. The molecule has 0 saturated carbocycles. The molecule has 2 rings (SSSR count). The summed E-state index contributed by atoms with van der Waals surface area (Å²) in [5.41, 5.74) is 9.87. The molecular formula is C15H24N2S. The number of nitrogens with two attached hydrogens (primary N) is 1. The molecule has 2 unspecified atom stereocenters. The minimum atomic E-state index is 0.709. The van der Waals surface area contributed by atoms with Gasteiger partial charge < -0.3 is 10.6 Å². The van der Waals surface area contributed by atoms with Crippen LogP contribution in [0.25, 0.3) is 0 Å². The van der Waals surface area contributed by atoms with Crippen LogP contribution in [0, 0.1) is 6.92 Å². The highest BCUT2D eigenvalue weighted by Crippen LogP contribution is 2.31. The van der Waals surface area contributed by atoms with Crippen molar-refractivity contribution in [1.82, 2.24) is 0 Å². The summed E-state index contributed by atoms with van der Waals surface area (Å²) in [5.74, 6) is 0. The Kier molecular flexibility index (Phi) is 4.57. The molecule has 0 amide bonds. The van der Waals surface area contributed by atoms with Gasteiger partial charge in [-0.2, -0.15) is 11.8 Å². The van der Waals surface area contributed by atoms with Gasteiger partial charge in [-0.3, -0.25) is 0 Å². The first-order chi connectivity index (χ1) is 8.60. The van der Waals surface area contributed by atoms with Crippen LogP contribution in [0.4, 0.5) is 5.69 Å². The summed E-state index contributed by atoms with van der Waals surface area (Å²) in [6, 6.07) is 6.78. The van der Waals surface area contributed by atoms with Gasteiger partial charge in [0.25, 0.3) is 0 Å². The van der Waals surface area contributed by atoms with Crippen LogP contribution in [0.1, 0.15) is 25.0 Å². The van der Waals surface area contributed by atoms with Crippen LogP contribution in [0.15, 0.2) is 18.2 Å². The van der Waals surface area contributed by atoms with Gasteiger partial charge >= 0.3 is 0 Å². The second-order valence-corrected chi connectivity index (χ2v) is 7.21. The van der Waals surface area contributed by atoms with Gasteiger partial charge in [0.2, 0.25) is 0 Å². The largest absolute Gasteiger partial charge is 0.369 e. The maximum absolute atomic E-state index is 5.74. The Bertz CT molecular complexity index is 395. The topological polar surface area (TPSA) is 29.3 Å². The number of anilines is 1. The Morgan fingerprint density at radius 3 is 2.56 bits per heavy atom. The zero-order valence-corrected chi connectivity index (χ0v) is 12.5. The van der Waals surface area contributed by atoms with Crippen molar-refractivity contribution >= 4 is 17.4 Å². The van der Waals surface area contributed by atoms with Crippen LogP contribution in [-0.4, -0.2) is 30.1 Å². The van der Waals surface area contributed by atoms with E-state index in [0.29, 0.717) is 10.5 Å². The molecule has 1 fully saturated rings. The van der Waals surface area contributed by atoms with Gasteiger partial charge in [0.1, 0.15) is 0 Å². The molecule has 0 aromatic heterocycles. The van der Waals surface area contributed by atoms with Gasteiger partial charge in [-0.1, -0.05) is 31.5 Å². The molecule has 2 N–H and O–H groups in total. The molecule has 2 nitrogen and oxygen atoms in total. The van der Waals surface area contributed by atoms with E-state index in [0.717, 1.165) is 26.1 Å². The summed E-state index contributed by atoms with van der Waals surface area (Å²) >= 11 is 2.10. The van der Waals surface area contributed by atoms with E-state index in [-0.39, 0.29) is 0 Å². The van der Waals surface area contributed by atoms with Crippen molar-refractivity contribution in [2.24, 2.45) is 5.73 Å². The highest BCUT2D eigenvalue weighted by molar-refractivity contribution is 8.00. The fourth-order valence-electron chi connectivity index (χ4n) is 2.75. The molecule has 1 aromatic rings. The van der Waals surface area contributed by atoms with Crippen LogP contribution in [0.5, 0.6) is 0 Å². The predicted molar refractivity (Wildman–Crippen MR) is 82.7 cm³/mol. The first kappa shape index (κ1) is 13.8. The molecule has 0 spiro atoms. The second-order valence-electron chi connectivity index (χ2n) is 5.33. The van der Waals surface area contributed by atoms with E-state index in [4.69, 9.17) is 5.73 Å². The number of benzene rings is 1. The third-order valence-corrected chi connectivity index (χ3v) is 4.64. The van der Waals surface area contributed by atoms with Crippen molar-refractivity contribution in [1.29, 1.82) is 0 Å². The van der Waals surface area contributed by atoms with Gasteiger partial charge in [0.15, 0.2) is 0 Å². The number of hydrogen-bond acceptors (Lipinski definition) is 3. The summed E-state index contributed by atoms with van der Waals surface area (Å²) in [6.45, 7) is 9.82. The molecule has 2 atom stereocenters. The van der Waals surface area contributed by atoms with Crippen molar-refractivity contribution in [3.05, 3.63) is 29.3 Å². The third-order valence-electron chi connectivity index (χ3n) is 3.41. The summed E-state index contributed by atoms with van der Waals surface area (Å²) in [4.78, 5) is 2.54. The zero-order chi connectivity index (χ0) is 13.1. The molecule has 3 heteroatoms. The second kappa shape index (κ2) is 5.98. The van der Waals surface area contributed by atoms with E-state index in [1.807, 2.05) is 0 Å². The van der Waals surface area contributed by atoms with E-state index in [1.54, 1.807) is 0 Å². The Labute approximate surface area is 115 Å². The lowest BCUT2D eigenvalue weighted by Crippen LogP contribution is -2.41. The van der Waals surface area contributed by atoms with Crippen LogP contribution >= 0.6 is 11.8 Å². The quantitative estimate of drug-likeness (QED) is 0.910. The zero-order valence-electron chi connectivity index (χ0n) is 11.6. The van der Waals surface area contributed by atoms with Crippen molar-refractivity contribution < 1.29 is 0 Å². The summed E-state index contributed by atoms with van der Waals surface area (Å²) in [5, 5.41) is 1.42. The van der Waals surface area contributed by atoms with Crippen LogP contribution in [0.2, 0.25) is 0 Å². The smallest absolute Gasteiger partial charge is 0.0400 e. The first-order valence-electron chi connectivity index (χ1n) is 6.80. The lowest BCUT2D eigenvalue weighted by molar-refractivity contribution is 0.723. The molecule has 18 heavy (non-hydrogen) atoms. The van der Waals surface area contributed by atoms with E-state index in [2.05, 4.69) is 55.6 Å². The van der Waals surface area contributed by atoms with E-state index in [1.165, 1.54) is 16.8 Å². The lowest BCUT2D eigenvalue weighted by Gasteiger charge is -2.37. The van der Waals surface area contributed by atoms with Crippen molar-refractivity contribution in [3.63, 3.8) is 0 Å². The normalized spacial score (nSPS) is 24.3.